The van der Waals surface area contributed by atoms with E-state index in [2.05, 4.69) is 6.58 Å². The maximum Gasteiger partial charge on any atom is 0.336 e. The molecule has 0 fully saturated rings. The summed E-state index contributed by atoms with van der Waals surface area (Å²) in [5.74, 6) is 0.212. The van der Waals surface area contributed by atoms with Crippen LogP contribution in [0.2, 0.25) is 0 Å². The van der Waals surface area contributed by atoms with E-state index < -0.39 is 12.3 Å². The number of carbonyl (C=O) groups excluding carboxylic acids is 1. The van der Waals surface area contributed by atoms with Crippen LogP contribution in [0.3, 0.4) is 0 Å². The highest BCUT2D eigenvalue weighted by Gasteiger charge is 2.14. The van der Waals surface area contributed by atoms with E-state index >= 15 is 0 Å². The third-order valence-electron chi connectivity index (χ3n) is 2.02. The number of rotatable bonds is 5. The SMILES string of the molecule is C=C(C)C(=O)OC(CC)Oc1ccc(O)cc1. The first kappa shape index (κ1) is 13.1. The average molecular weight is 236 g/mol. The second-order valence-electron chi connectivity index (χ2n) is 3.64. The Morgan fingerprint density at radius 3 is 2.47 bits per heavy atom. The molecule has 0 saturated carbocycles. The molecular weight excluding hydrogens is 220 g/mol. The molecule has 0 aliphatic rings. The average Bonchev–Trinajstić information content (AvgIpc) is 2.30. The lowest BCUT2D eigenvalue weighted by molar-refractivity contribution is -0.159. The predicted octanol–water partition coefficient (Wildman–Crippen LogP) is 2.63. The van der Waals surface area contributed by atoms with Crippen molar-refractivity contribution in [3.63, 3.8) is 0 Å². The molecule has 17 heavy (non-hydrogen) atoms. The highest BCUT2D eigenvalue weighted by atomic mass is 16.7. The van der Waals surface area contributed by atoms with Crippen molar-refractivity contribution >= 4 is 5.97 Å². The van der Waals surface area contributed by atoms with Gasteiger partial charge in [-0.25, -0.2) is 4.79 Å². The molecule has 0 bridgehead atoms. The molecule has 1 aromatic rings. The van der Waals surface area contributed by atoms with E-state index in [1.807, 2.05) is 6.92 Å². The summed E-state index contributed by atoms with van der Waals surface area (Å²) in [5, 5.41) is 9.11. The van der Waals surface area contributed by atoms with Crippen molar-refractivity contribution in [2.45, 2.75) is 26.6 Å². The fourth-order valence-electron chi connectivity index (χ4n) is 1.09. The minimum Gasteiger partial charge on any atom is -0.508 e. The van der Waals surface area contributed by atoms with Gasteiger partial charge in [-0.2, -0.15) is 0 Å². The van der Waals surface area contributed by atoms with Crippen molar-refractivity contribution in [1.82, 2.24) is 0 Å². The molecule has 4 nitrogen and oxygen atoms in total. The third-order valence-corrected chi connectivity index (χ3v) is 2.02. The van der Waals surface area contributed by atoms with Crippen molar-refractivity contribution in [2.24, 2.45) is 0 Å². The van der Waals surface area contributed by atoms with Gasteiger partial charge in [-0.1, -0.05) is 13.5 Å². The molecule has 92 valence electrons. The van der Waals surface area contributed by atoms with Gasteiger partial charge in [0, 0.05) is 12.0 Å². The molecule has 1 atom stereocenters. The first-order chi connectivity index (χ1) is 8.02. The zero-order chi connectivity index (χ0) is 12.8. The molecule has 0 aromatic heterocycles. The van der Waals surface area contributed by atoms with Crippen LogP contribution in [0.5, 0.6) is 11.5 Å². The zero-order valence-corrected chi connectivity index (χ0v) is 9.97. The maximum atomic E-state index is 11.3. The van der Waals surface area contributed by atoms with E-state index in [0.29, 0.717) is 17.7 Å². The van der Waals surface area contributed by atoms with Crippen molar-refractivity contribution in [1.29, 1.82) is 0 Å². The Bertz CT molecular complexity index is 394. The van der Waals surface area contributed by atoms with Gasteiger partial charge in [0.15, 0.2) is 0 Å². The van der Waals surface area contributed by atoms with E-state index in [-0.39, 0.29) is 5.75 Å². The van der Waals surface area contributed by atoms with Gasteiger partial charge >= 0.3 is 5.97 Å². The second-order valence-corrected chi connectivity index (χ2v) is 3.64. The summed E-state index contributed by atoms with van der Waals surface area (Å²) in [5.41, 5.74) is 0.331. The summed E-state index contributed by atoms with van der Waals surface area (Å²) in [6.07, 6.45) is -0.122. The molecule has 1 N–H and O–H groups in total. The quantitative estimate of drug-likeness (QED) is 0.485. The highest BCUT2D eigenvalue weighted by molar-refractivity contribution is 5.87. The standard InChI is InChI=1S/C13H16O4/c1-4-12(17-13(15)9(2)3)16-11-7-5-10(14)6-8-11/h5-8,12,14H,2,4H2,1,3H3. The van der Waals surface area contributed by atoms with Crippen LogP contribution in [0.1, 0.15) is 20.3 Å². The fraction of sp³-hybridized carbons (Fsp3) is 0.308. The number of aromatic hydroxyl groups is 1. The van der Waals surface area contributed by atoms with Crippen molar-refractivity contribution in [2.75, 3.05) is 0 Å². The summed E-state index contributed by atoms with van der Waals surface area (Å²) in [4.78, 5) is 11.3. The van der Waals surface area contributed by atoms with Crippen LogP contribution in [-0.2, 0) is 9.53 Å². The molecule has 1 rings (SSSR count). The topological polar surface area (TPSA) is 55.8 Å². The summed E-state index contributed by atoms with van der Waals surface area (Å²) in [6.45, 7) is 6.92. The lowest BCUT2D eigenvalue weighted by Gasteiger charge is -2.17. The normalized spacial score (nSPS) is 11.6. The Balaban J connectivity index is 2.60. The van der Waals surface area contributed by atoms with E-state index in [1.54, 1.807) is 19.1 Å². The molecule has 0 heterocycles. The molecule has 1 unspecified atom stereocenters. The van der Waals surface area contributed by atoms with Crippen LogP contribution in [0.25, 0.3) is 0 Å². The molecule has 0 aliphatic heterocycles. The Labute approximate surface area is 100 Å². The number of carbonyl (C=O) groups is 1. The Morgan fingerprint density at radius 1 is 1.41 bits per heavy atom. The van der Waals surface area contributed by atoms with Gasteiger partial charge in [-0.05, 0) is 31.2 Å². The fourth-order valence-corrected chi connectivity index (χ4v) is 1.09. The summed E-state index contributed by atoms with van der Waals surface area (Å²) < 4.78 is 10.5. The number of hydrogen-bond acceptors (Lipinski definition) is 4. The van der Waals surface area contributed by atoms with Gasteiger partial charge in [-0.15, -0.1) is 0 Å². The van der Waals surface area contributed by atoms with Gasteiger partial charge in [0.2, 0.25) is 6.29 Å². The molecule has 0 spiro atoms. The number of ether oxygens (including phenoxy) is 2. The van der Waals surface area contributed by atoms with Gasteiger partial charge < -0.3 is 14.6 Å². The smallest absolute Gasteiger partial charge is 0.336 e. The third kappa shape index (κ3) is 4.18. The molecule has 4 heteroatoms. The summed E-state index contributed by atoms with van der Waals surface area (Å²) >= 11 is 0. The van der Waals surface area contributed by atoms with Crippen molar-refractivity contribution in [3.05, 3.63) is 36.4 Å². The number of hydrogen-bond donors (Lipinski definition) is 1. The number of esters is 1. The zero-order valence-electron chi connectivity index (χ0n) is 9.97. The second kappa shape index (κ2) is 5.94. The monoisotopic (exact) mass is 236 g/mol. The van der Waals surface area contributed by atoms with E-state index in [4.69, 9.17) is 14.6 Å². The lowest BCUT2D eigenvalue weighted by atomic mass is 10.3. The Kier molecular flexibility index (Phi) is 4.57. The Hall–Kier alpha value is -1.97. The molecular formula is C13H16O4. The van der Waals surface area contributed by atoms with Crippen LogP contribution in [0.4, 0.5) is 0 Å². The first-order valence-electron chi connectivity index (χ1n) is 5.35. The molecule has 1 aromatic carbocycles. The Morgan fingerprint density at radius 2 is 2.00 bits per heavy atom. The minimum atomic E-state index is -0.649. The highest BCUT2D eigenvalue weighted by Crippen LogP contribution is 2.18. The minimum absolute atomic E-state index is 0.157. The van der Waals surface area contributed by atoms with Gasteiger partial charge in [0.25, 0.3) is 0 Å². The van der Waals surface area contributed by atoms with Crippen LogP contribution in [0, 0.1) is 0 Å². The lowest BCUT2D eigenvalue weighted by Crippen LogP contribution is -2.23. The number of phenols is 1. The molecule has 0 aliphatic carbocycles. The van der Waals surface area contributed by atoms with E-state index in [0.717, 1.165) is 0 Å². The van der Waals surface area contributed by atoms with Gasteiger partial charge in [0.05, 0.1) is 0 Å². The summed E-state index contributed by atoms with van der Waals surface area (Å²) in [6, 6.07) is 6.21. The van der Waals surface area contributed by atoms with Crippen LogP contribution < -0.4 is 4.74 Å². The molecule has 0 radical (unpaired) electrons. The van der Waals surface area contributed by atoms with E-state index in [1.165, 1.54) is 12.1 Å². The van der Waals surface area contributed by atoms with Gasteiger partial charge in [-0.3, -0.25) is 0 Å². The van der Waals surface area contributed by atoms with E-state index in [9.17, 15) is 4.79 Å². The van der Waals surface area contributed by atoms with Crippen LogP contribution in [0.15, 0.2) is 36.4 Å². The van der Waals surface area contributed by atoms with Crippen LogP contribution in [-0.4, -0.2) is 17.4 Å². The molecule has 0 amide bonds. The predicted molar refractivity (Wildman–Crippen MR) is 63.7 cm³/mol. The van der Waals surface area contributed by atoms with Crippen molar-refractivity contribution in [3.8, 4) is 11.5 Å². The maximum absolute atomic E-state index is 11.3. The largest absolute Gasteiger partial charge is 0.508 e. The van der Waals surface area contributed by atoms with Crippen LogP contribution >= 0.6 is 0 Å². The first-order valence-corrected chi connectivity index (χ1v) is 5.35. The molecule has 0 saturated heterocycles. The summed E-state index contributed by atoms with van der Waals surface area (Å²) in [7, 11) is 0. The van der Waals surface area contributed by atoms with Crippen molar-refractivity contribution < 1.29 is 19.4 Å². The number of phenolic OH excluding ortho intramolecular Hbond substituents is 1. The number of benzene rings is 1. The van der Waals surface area contributed by atoms with Gasteiger partial charge in [0.1, 0.15) is 11.5 Å².